The highest BCUT2D eigenvalue weighted by atomic mass is 16.4. The molecule has 1 saturated carbocycles. The number of aliphatic carboxylic acids is 1. The Balaban J connectivity index is 2.31. The van der Waals surface area contributed by atoms with Crippen molar-refractivity contribution in [3.05, 3.63) is 12.2 Å². The number of carbonyl (C=O) groups is 1. The van der Waals surface area contributed by atoms with Crippen molar-refractivity contribution in [2.24, 2.45) is 11.8 Å². The molecule has 0 heterocycles. The van der Waals surface area contributed by atoms with Crippen molar-refractivity contribution in [1.82, 2.24) is 0 Å². The highest BCUT2D eigenvalue weighted by molar-refractivity contribution is 5.79. The van der Waals surface area contributed by atoms with E-state index in [1.165, 1.54) is 0 Å². The molecule has 0 aliphatic heterocycles. The zero-order valence-electron chi connectivity index (χ0n) is 5.32. The first kappa shape index (κ1) is 6.81. The van der Waals surface area contributed by atoms with E-state index in [9.17, 15) is 4.79 Å². The third-order valence-corrected chi connectivity index (χ3v) is 1.49. The van der Waals surface area contributed by atoms with Gasteiger partial charge in [-0.2, -0.15) is 5.26 Å². The van der Waals surface area contributed by atoms with Gasteiger partial charge in [-0.3, -0.25) is 0 Å². The zero-order valence-corrected chi connectivity index (χ0v) is 5.32. The minimum atomic E-state index is -0.941. The van der Waals surface area contributed by atoms with Crippen molar-refractivity contribution in [3.63, 3.8) is 0 Å². The van der Waals surface area contributed by atoms with Crippen LogP contribution >= 0.6 is 0 Å². The van der Waals surface area contributed by atoms with E-state index in [1.807, 2.05) is 0 Å². The van der Waals surface area contributed by atoms with Gasteiger partial charge in [-0.25, -0.2) is 4.79 Å². The molecule has 0 amide bonds. The highest BCUT2D eigenvalue weighted by Crippen LogP contribution is 2.38. The quantitative estimate of drug-likeness (QED) is 0.572. The molecule has 1 aliphatic carbocycles. The number of hydrogen-bond donors (Lipinski definition) is 1. The molecule has 0 saturated heterocycles. The number of carboxylic acids is 1. The number of nitrogens with zero attached hydrogens (tertiary/aromatic N) is 1. The maximum Gasteiger partial charge on any atom is 0.327 e. The monoisotopic (exact) mass is 137 g/mol. The second kappa shape index (κ2) is 2.53. The molecule has 3 heteroatoms. The van der Waals surface area contributed by atoms with Gasteiger partial charge >= 0.3 is 5.97 Å². The molecule has 0 aromatic carbocycles. The molecule has 10 heavy (non-hydrogen) atoms. The topological polar surface area (TPSA) is 61.1 Å². The summed E-state index contributed by atoms with van der Waals surface area (Å²) in [6.07, 6.45) is 3.50. The fourth-order valence-corrected chi connectivity index (χ4v) is 0.782. The number of allylic oxidation sites excluding steroid dienone is 1. The molecule has 2 atom stereocenters. The number of carboxylic acid groups (broad SMARTS) is 1. The van der Waals surface area contributed by atoms with Gasteiger partial charge in [0.25, 0.3) is 0 Å². The molecular formula is C7H7NO2. The van der Waals surface area contributed by atoms with Crippen molar-refractivity contribution < 1.29 is 9.90 Å². The number of nitriles is 1. The zero-order chi connectivity index (χ0) is 7.56. The Labute approximate surface area is 58.6 Å². The molecule has 0 spiro atoms. The summed E-state index contributed by atoms with van der Waals surface area (Å²) in [7, 11) is 0. The Kier molecular flexibility index (Phi) is 1.72. The standard InChI is InChI=1S/C7H7NO2/c8-4-6-3-5(6)1-2-7(9)10/h1-2,5-6H,3H2,(H,9,10). The average Bonchev–Trinajstić information content (AvgIpc) is 2.61. The summed E-state index contributed by atoms with van der Waals surface area (Å²) >= 11 is 0. The summed E-state index contributed by atoms with van der Waals surface area (Å²) in [5.41, 5.74) is 0. The normalized spacial score (nSPS) is 29.9. The second-order valence-corrected chi connectivity index (χ2v) is 2.33. The summed E-state index contributed by atoms with van der Waals surface area (Å²) in [4.78, 5) is 9.96. The Morgan fingerprint density at radius 3 is 2.90 bits per heavy atom. The summed E-state index contributed by atoms with van der Waals surface area (Å²) in [5, 5.41) is 16.5. The Bertz CT molecular complexity index is 214. The Morgan fingerprint density at radius 2 is 2.50 bits per heavy atom. The van der Waals surface area contributed by atoms with E-state index in [4.69, 9.17) is 10.4 Å². The summed E-state index contributed by atoms with van der Waals surface area (Å²) in [5.74, 6) is -0.680. The molecular weight excluding hydrogens is 130 g/mol. The smallest absolute Gasteiger partial charge is 0.327 e. The van der Waals surface area contributed by atoms with Crippen LogP contribution in [0.15, 0.2) is 12.2 Å². The van der Waals surface area contributed by atoms with Gasteiger partial charge in [0.05, 0.1) is 12.0 Å². The van der Waals surface area contributed by atoms with E-state index in [1.54, 1.807) is 6.08 Å². The van der Waals surface area contributed by atoms with Crippen LogP contribution in [0.2, 0.25) is 0 Å². The predicted octanol–water partition coefficient (Wildman–Crippen LogP) is 0.787. The largest absolute Gasteiger partial charge is 0.478 e. The van der Waals surface area contributed by atoms with Gasteiger partial charge in [-0.05, 0) is 12.3 Å². The lowest BCUT2D eigenvalue weighted by Gasteiger charge is -1.78. The summed E-state index contributed by atoms with van der Waals surface area (Å²) in [6, 6.07) is 2.07. The van der Waals surface area contributed by atoms with Gasteiger partial charge in [0, 0.05) is 6.08 Å². The number of hydrogen-bond acceptors (Lipinski definition) is 2. The minimum Gasteiger partial charge on any atom is -0.478 e. The maximum absolute atomic E-state index is 9.96. The van der Waals surface area contributed by atoms with Crippen LogP contribution in [0.3, 0.4) is 0 Å². The first-order chi connectivity index (χ1) is 4.74. The molecule has 0 aromatic heterocycles. The lowest BCUT2D eigenvalue weighted by atomic mass is 10.3. The van der Waals surface area contributed by atoms with Gasteiger partial charge in [-0.1, -0.05) is 6.08 Å². The van der Waals surface area contributed by atoms with Crippen molar-refractivity contribution in [3.8, 4) is 6.07 Å². The fourth-order valence-electron chi connectivity index (χ4n) is 0.782. The van der Waals surface area contributed by atoms with Crippen LogP contribution in [0.25, 0.3) is 0 Å². The summed E-state index contributed by atoms with van der Waals surface area (Å²) < 4.78 is 0. The third-order valence-electron chi connectivity index (χ3n) is 1.49. The Morgan fingerprint density at radius 1 is 1.80 bits per heavy atom. The lowest BCUT2D eigenvalue weighted by molar-refractivity contribution is -0.131. The lowest BCUT2D eigenvalue weighted by Crippen LogP contribution is -1.86. The molecule has 0 aromatic rings. The van der Waals surface area contributed by atoms with E-state index in [-0.39, 0.29) is 11.8 Å². The van der Waals surface area contributed by atoms with Crippen LogP contribution in [0, 0.1) is 23.2 Å². The molecule has 2 unspecified atom stereocenters. The van der Waals surface area contributed by atoms with Gasteiger partial charge in [0.15, 0.2) is 0 Å². The van der Waals surface area contributed by atoms with Crippen LogP contribution in [0.4, 0.5) is 0 Å². The van der Waals surface area contributed by atoms with Crippen LogP contribution in [0.5, 0.6) is 0 Å². The van der Waals surface area contributed by atoms with Gasteiger partial charge in [0.2, 0.25) is 0 Å². The average molecular weight is 137 g/mol. The molecule has 3 nitrogen and oxygen atoms in total. The van der Waals surface area contributed by atoms with Crippen LogP contribution in [-0.2, 0) is 4.79 Å². The SMILES string of the molecule is N#CC1CC1C=CC(=O)O. The van der Waals surface area contributed by atoms with Gasteiger partial charge in [0.1, 0.15) is 0 Å². The third kappa shape index (κ3) is 1.59. The van der Waals surface area contributed by atoms with Crippen LogP contribution in [0.1, 0.15) is 6.42 Å². The van der Waals surface area contributed by atoms with Crippen LogP contribution < -0.4 is 0 Å². The van der Waals surface area contributed by atoms with Crippen molar-refractivity contribution >= 4 is 5.97 Å². The van der Waals surface area contributed by atoms with Crippen molar-refractivity contribution in [2.75, 3.05) is 0 Å². The first-order valence-electron chi connectivity index (χ1n) is 3.05. The summed E-state index contributed by atoms with van der Waals surface area (Å²) in [6.45, 7) is 0. The minimum absolute atomic E-state index is 0.0654. The number of rotatable bonds is 2. The van der Waals surface area contributed by atoms with Gasteiger partial charge < -0.3 is 5.11 Å². The predicted molar refractivity (Wildman–Crippen MR) is 34.0 cm³/mol. The highest BCUT2D eigenvalue weighted by Gasteiger charge is 2.34. The van der Waals surface area contributed by atoms with Crippen molar-refractivity contribution in [2.45, 2.75) is 6.42 Å². The van der Waals surface area contributed by atoms with Crippen LogP contribution in [-0.4, -0.2) is 11.1 Å². The Hall–Kier alpha value is -1.30. The second-order valence-electron chi connectivity index (χ2n) is 2.33. The van der Waals surface area contributed by atoms with Gasteiger partial charge in [-0.15, -0.1) is 0 Å². The molecule has 0 radical (unpaired) electrons. The van der Waals surface area contributed by atoms with E-state index in [2.05, 4.69) is 6.07 Å². The molecule has 1 rings (SSSR count). The molecule has 1 aliphatic rings. The van der Waals surface area contributed by atoms with E-state index < -0.39 is 5.97 Å². The fraction of sp³-hybridized carbons (Fsp3) is 0.429. The molecule has 1 fully saturated rings. The first-order valence-corrected chi connectivity index (χ1v) is 3.05. The maximum atomic E-state index is 9.96. The molecule has 1 N–H and O–H groups in total. The van der Waals surface area contributed by atoms with E-state index in [0.717, 1.165) is 12.5 Å². The van der Waals surface area contributed by atoms with E-state index in [0.29, 0.717) is 0 Å². The molecule has 52 valence electrons. The van der Waals surface area contributed by atoms with E-state index >= 15 is 0 Å². The van der Waals surface area contributed by atoms with Crippen molar-refractivity contribution in [1.29, 1.82) is 5.26 Å². The molecule has 0 bridgehead atoms.